The summed E-state index contributed by atoms with van der Waals surface area (Å²) in [5, 5.41) is 0. The Morgan fingerprint density at radius 3 is 2.07 bits per heavy atom. The summed E-state index contributed by atoms with van der Waals surface area (Å²) >= 11 is 0. The van der Waals surface area contributed by atoms with Crippen molar-refractivity contribution in [1.82, 2.24) is 0 Å². The van der Waals surface area contributed by atoms with Crippen LogP contribution in [0.3, 0.4) is 0 Å². The van der Waals surface area contributed by atoms with Gasteiger partial charge in [-0.15, -0.1) is 0 Å². The molecule has 0 aromatic rings. The van der Waals surface area contributed by atoms with Crippen molar-refractivity contribution in [2.75, 3.05) is 0 Å². The van der Waals surface area contributed by atoms with Crippen LogP contribution in [-0.2, 0) is 0 Å². The highest BCUT2D eigenvalue weighted by Gasteiger charge is 2.54. The van der Waals surface area contributed by atoms with E-state index in [1.165, 1.54) is 25.7 Å². The first kappa shape index (κ1) is 13.1. The Morgan fingerprint density at radius 1 is 1.13 bits per heavy atom. The van der Waals surface area contributed by atoms with Crippen LogP contribution < -0.4 is 0 Å². The lowest BCUT2D eigenvalue weighted by Crippen LogP contribution is -2.54. The highest BCUT2D eigenvalue weighted by molar-refractivity contribution is 5.02. The largest absolute Gasteiger partial charge is 0.0654 e. The molecule has 0 heteroatoms. The summed E-state index contributed by atoms with van der Waals surface area (Å²) in [6.07, 6.45) is 5.56. The zero-order chi connectivity index (χ0) is 11.6. The Kier molecular flexibility index (Phi) is 4.26. The third-order valence-corrected chi connectivity index (χ3v) is 5.67. The smallest absolute Gasteiger partial charge is 0.0271 e. The van der Waals surface area contributed by atoms with Gasteiger partial charge in [0.25, 0.3) is 0 Å². The van der Waals surface area contributed by atoms with Gasteiger partial charge in [0.05, 0.1) is 0 Å². The third-order valence-electron chi connectivity index (χ3n) is 5.67. The maximum atomic E-state index is 2.49. The van der Waals surface area contributed by atoms with Gasteiger partial charge in [-0.05, 0) is 29.1 Å². The van der Waals surface area contributed by atoms with Gasteiger partial charge in [0.2, 0.25) is 0 Å². The molecule has 0 spiro atoms. The fourth-order valence-corrected chi connectivity index (χ4v) is 3.96. The molecule has 0 nitrogen and oxygen atoms in total. The first-order valence-corrected chi connectivity index (χ1v) is 6.99. The number of hydrogen-bond acceptors (Lipinski definition) is 0. The van der Waals surface area contributed by atoms with E-state index in [0.717, 1.165) is 23.7 Å². The maximum Gasteiger partial charge on any atom is -0.0271 e. The molecule has 3 atom stereocenters. The molecule has 1 aliphatic rings. The molecule has 3 unspecified atom stereocenters. The van der Waals surface area contributed by atoms with Crippen molar-refractivity contribution in [2.45, 2.75) is 67.2 Å². The highest BCUT2D eigenvalue weighted by Crippen LogP contribution is 2.60. The number of hydrogen-bond donors (Lipinski definition) is 0. The van der Waals surface area contributed by atoms with E-state index in [4.69, 9.17) is 0 Å². The second kappa shape index (κ2) is 4.89. The molecule has 0 radical (unpaired) electrons. The summed E-state index contributed by atoms with van der Waals surface area (Å²) < 4.78 is 0. The molecule has 15 heavy (non-hydrogen) atoms. The van der Waals surface area contributed by atoms with Crippen LogP contribution in [0, 0.1) is 29.1 Å². The Hall–Kier alpha value is 0. The summed E-state index contributed by atoms with van der Waals surface area (Å²) in [6.45, 7) is 14.6. The highest BCUT2D eigenvalue weighted by atomic mass is 14.6. The molecular weight excluding hydrogens is 180 g/mol. The Bertz CT molecular complexity index is 184. The van der Waals surface area contributed by atoms with Gasteiger partial charge in [0, 0.05) is 0 Å². The van der Waals surface area contributed by atoms with E-state index in [2.05, 4.69) is 41.5 Å². The molecule has 0 amide bonds. The van der Waals surface area contributed by atoms with E-state index in [1.807, 2.05) is 0 Å². The van der Waals surface area contributed by atoms with Gasteiger partial charge >= 0.3 is 0 Å². The fourth-order valence-electron chi connectivity index (χ4n) is 3.96. The van der Waals surface area contributed by atoms with Crippen molar-refractivity contribution >= 4 is 0 Å². The quantitative estimate of drug-likeness (QED) is 0.590. The van der Waals surface area contributed by atoms with Gasteiger partial charge in [-0.1, -0.05) is 67.2 Å². The first-order valence-electron chi connectivity index (χ1n) is 6.99. The summed E-state index contributed by atoms with van der Waals surface area (Å²) in [5.41, 5.74) is 0.630. The molecule has 90 valence electrons. The van der Waals surface area contributed by atoms with Crippen LogP contribution in [0.4, 0.5) is 0 Å². The van der Waals surface area contributed by atoms with E-state index >= 15 is 0 Å². The van der Waals surface area contributed by atoms with Gasteiger partial charge in [-0.2, -0.15) is 0 Å². The summed E-state index contributed by atoms with van der Waals surface area (Å²) in [6, 6.07) is 0. The second-order valence-corrected chi connectivity index (χ2v) is 6.13. The summed E-state index contributed by atoms with van der Waals surface area (Å²) in [7, 11) is 0. The minimum absolute atomic E-state index is 0.630. The molecule has 0 N–H and O–H groups in total. The van der Waals surface area contributed by atoms with Gasteiger partial charge in [0.15, 0.2) is 0 Å². The molecule has 1 rings (SSSR count). The minimum atomic E-state index is 0.630. The van der Waals surface area contributed by atoms with Crippen LogP contribution >= 0.6 is 0 Å². The van der Waals surface area contributed by atoms with Crippen LogP contribution in [0.5, 0.6) is 0 Å². The van der Waals surface area contributed by atoms with Crippen molar-refractivity contribution in [3.05, 3.63) is 0 Å². The summed E-state index contributed by atoms with van der Waals surface area (Å²) in [5.74, 6) is 3.80. The molecule has 1 aliphatic carbocycles. The first-order chi connectivity index (χ1) is 6.99. The van der Waals surface area contributed by atoms with Crippen molar-refractivity contribution in [1.29, 1.82) is 0 Å². The molecule has 1 saturated carbocycles. The SMILES string of the molecule is CCCCC(C)C1C(C)C(C)(CC)C1C. The Balaban J connectivity index is 2.52. The average molecular weight is 210 g/mol. The zero-order valence-electron chi connectivity index (χ0n) is 11.6. The van der Waals surface area contributed by atoms with E-state index < -0.39 is 0 Å². The van der Waals surface area contributed by atoms with Gasteiger partial charge in [-0.3, -0.25) is 0 Å². The monoisotopic (exact) mass is 210 g/mol. The van der Waals surface area contributed by atoms with Crippen molar-refractivity contribution < 1.29 is 0 Å². The van der Waals surface area contributed by atoms with Crippen molar-refractivity contribution in [3.63, 3.8) is 0 Å². The van der Waals surface area contributed by atoms with Gasteiger partial charge in [-0.25, -0.2) is 0 Å². The van der Waals surface area contributed by atoms with Gasteiger partial charge < -0.3 is 0 Å². The van der Waals surface area contributed by atoms with Crippen LogP contribution in [0.25, 0.3) is 0 Å². The normalized spacial score (nSPS) is 42.4. The van der Waals surface area contributed by atoms with Crippen LogP contribution in [0.15, 0.2) is 0 Å². The molecule has 0 aromatic carbocycles. The predicted molar refractivity (Wildman–Crippen MR) is 68.9 cm³/mol. The van der Waals surface area contributed by atoms with E-state index in [0.29, 0.717) is 5.41 Å². The standard InChI is InChI=1S/C15H30/c1-7-9-10-11(3)14-12(4)15(6,8-2)13(14)5/h11-14H,7-10H2,1-6H3. The number of unbranched alkanes of at least 4 members (excludes halogenated alkanes) is 1. The minimum Gasteiger partial charge on any atom is -0.0654 e. The van der Waals surface area contributed by atoms with E-state index in [9.17, 15) is 0 Å². The summed E-state index contributed by atoms with van der Waals surface area (Å²) in [4.78, 5) is 0. The van der Waals surface area contributed by atoms with Crippen molar-refractivity contribution in [3.8, 4) is 0 Å². The second-order valence-electron chi connectivity index (χ2n) is 6.13. The fraction of sp³-hybridized carbons (Fsp3) is 1.00. The lowest BCUT2D eigenvalue weighted by atomic mass is 9.45. The average Bonchev–Trinajstić information content (AvgIpc) is 2.25. The van der Waals surface area contributed by atoms with Crippen molar-refractivity contribution in [2.24, 2.45) is 29.1 Å². The van der Waals surface area contributed by atoms with Crippen LogP contribution in [0.2, 0.25) is 0 Å². The molecule has 0 bridgehead atoms. The lowest BCUT2D eigenvalue weighted by molar-refractivity contribution is -0.120. The third kappa shape index (κ3) is 2.10. The molecule has 0 saturated heterocycles. The molecular formula is C15H30. The molecule has 0 aliphatic heterocycles. The Labute approximate surface area is 96.8 Å². The van der Waals surface area contributed by atoms with E-state index in [-0.39, 0.29) is 0 Å². The van der Waals surface area contributed by atoms with Crippen LogP contribution in [-0.4, -0.2) is 0 Å². The van der Waals surface area contributed by atoms with Gasteiger partial charge in [0.1, 0.15) is 0 Å². The van der Waals surface area contributed by atoms with E-state index in [1.54, 1.807) is 0 Å². The molecule has 1 fully saturated rings. The predicted octanol–water partition coefficient (Wildman–Crippen LogP) is 5.13. The Morgan fingerprint density at radius 2 is 1.67 bits per heavy atom. The molecule has 0 aromatic heterocycles. The van der Waals surface area contributed by atoms with Crippen LogP contribution in [0.1, 0.15) is 67.2 Å². The molecule has 0 heterocycles. The topological polar surface area (TPSA) is 0 Å². The zero-order valence-corrected chi connectivity index (χ0v) is 11.6. The maximum absolute atomic E-state index is 2.49. The lowest BCUT2D eigenvalue weighted by Gasteiger charge is -2.60. The number of rotatable bonds is 5.